The summed E-state index contributed by atoms with van der Waals surface area (Å²) in [7, 11) is 0. The first kappa shape index (κ1) is 15.6. The maximum atomic E-state index is 12.9. The van der Waals surface area contributed by atoms with E-state index in [1.165, 1.54) is 4.52 Å². The van der Waals surface area contributed by atoms with E-state index in [0.29, 0.717) is 34.8 Å². The van der Waals surface area contributed by atoms with Crippen LogP contribution in [0, 0.1) is 11.8 Å². The molecule has 0 saturated carbocycles. The number of hydrogen-bond donors (Lipinski definition) is 1. The molecule has 1 saturated heterocycles. The average Bonchev–Trinajstić information content (AvgIpc) is 3.22. The van der Waals surface area contributed by atoms with E-state index in [1.807, 2.05) is 4.90 Å². The third-order valence-corrected chi connectivity index (χ3v) is 4.47. The summed E-state index contributed by atoms with van der Waals surface area (Å²) in [4.78, 5) is 23.3. The maximum absolute atomic E-state index is 12.9. The SMILES string of the molecule is CC1CC(C)CN(C(=O)c2cc3nc(-c4ccco4)nn3c(N)n2)C1. The summed E-state index contributed by atoms with van der Waals surface area (Å²) in [6.45, 7) is 5.80. The third kappa shape index (κ3) is 2.84. The molecule has 8 nitrogen and oxygen atoms in total. The number of likely N-dealkylation sites (tertiary alicyclic amines) is 1. The molecule has 0 aliphatic carbocycles. The van der Waals surface area contributed by atoms with E-state index in [-0.39, 0.29) is 11.9 Å². The second kappa shape index (κ2) is 5.87. The van der Waals surface area contributed by atoms with Crippen LogP contribution in [-0.2, 0) is 0 Å². The Morgan fingerprint density at radius 3 is 2.72 bits per heavy atom. The van der Waals surface area contributed by atoms with Crippen LogP contribution in [0.2, 0.25) is 0 Å². The van der Waals surface area contributed by atoms with Crippen LogP contribution < -0.4 is 5.73 Å². The summed E-state index contributed by atoms with van der Waals surface area (Å²) in [6, 6.07) is 5.15. The highest BCUT2D eigenvalue weighted by atomic mass is 16.3. The zero-order valence-corrected chi connectivity index (χ0v) is 14.2. The number of amides is 1. The fraction of sp³-hybridized carbons (Fsp3) is 0.412. The molecule has 2 atom stereocenters. The van der Waals surface area contributed by atoms with E-state index < -0.39 is 0 Å². The zero-order chi connectivity index (χ0) is 17.6. The highest BCUT2D eigenvalue weighted by Gasteiger charge is 2.27. The van der Waals surface area contributed by atoms with Gasteiger partial charge in [-0.2, -0.15) is 4.52 Å². The molecule has 4 heterocycles. The third-order valence-electron chi connectivity index (χ3n) is 4.47. The Hall–Kier alpha value is -2.90. The predicted octanol–water partition coefficient (Wildman–Crippen LogP) is 2.08. The van der Waals surface area contributed by atoms with Crippen molar-refractivity contribution < 1.29 is 9.21 Å². The van der Waals surface area contributed by atoms with Gasteiger partial charge >= 0.3 is 0 Å². The molecular formula is C17H20N6O2. The first-order valence-electron chi connectivity index (χ1n) is 8.37. The minimum atomic E-state index is -0.116. The van der Waals surface area contributed by atoms with Gasteiger partial charge in [0.25, 0.3) is 5.91 Å². The van der Waals surface area contributed by atoms with Crippen molar-refractivity contribution in [1.29, 1.82) is 0 Å². The molecule has 0 radical (unpaired) electrons. The monoisotopic (exact) mass is 340 g/mol. The molecule has 25 heavy (non-hydrogen) atoms. The molecule has 8 heteroatoms. The van der Waals surface area contributed by atoms with Gasteiger partial charge in [0.15, 0.2) is 11.4 Å². The van der Waals surface area contributed by atoms with Crippen molar-refractivity contribution in [3.8, 4) is 11.6 Å². The molecule has 0 bridgehead atoms. The van der Waals surface area contributed by atoms with Crippen LogP contribution in [0.15, 0.2) is 28.9 Å². The van der Waals surface area contributed by atoms with E-state index >= 15 is 0 Å². The van der Waals surface area contributed by atoms with Gasteiger partial charge in [0, 0.05) is 19.2 Å². The summed E-state index contributed by atoms with van der Waals surface area (Å²) in [5.41, 5.74) is 6.76. The van der Waals surface area contributed by atoms with Gasteiger partial charge in [-0.05, 0) is 30.4 Å². The van der Waals surface area contributed by atoms with Crippen molar-refractivity contribution in [2.45, 2.75) is 20.3 Å². The highest BCUT2D eigenvalue weighted by molar-refractivity contribution is 5.93. The second-order valence-corrected chi connectivity index (χ2v) is 6.84. The van der Waals surface area contributed by atoms with Gasteiger partial charge in [0.2, 0.25) is 11.8 Å². The molecule has 2 unspecified atom stereocenters. The van der Waals surface area contributed by atoms with Gasteiger partial charge in [-0.1, -0.05) is 13.8 Å². The number of aromatic nitrogens is 4. The van der Waals surface area contributed by atoms with Gasteiger partial charge in [-0.15, -0.1) is 5.10 Å². The largest absolute Gasteiger partial charge is 0.461 e. The van der Waals surface area contributed by atoms with Crippen molar-refractivity contribution >= 4 is 17.5 Å². The molecule has 0 spiro atoms. The van der Waals surface area contributed by atoms with Gasteiger partial charge in [0.05, 0.1) is 6.26 Å². The Balaban J connectivity index is 1.69. The Kier molecular flexibility index (Phi) is 3.67. The van der Waals surface area contributed by atoms with Crippen LogP contribution >= 0.6 is 0 Å². The Morgan fingerprint density at radius 2 is 2.04 bits per heavy atom. The van der Waals surface area contributed by atoms with Crippen LogP contribution in [0.25, 0.3) is 17.2 Å². The topological polar surface area (TPSA) is 103 Å². The highest BCUT2D eigenvalue weighted by Crippen LogP contribution is 2.23. The van der Waals surface area contributed by atoms with Gasteiger partial charge in [0.1, 0.15) is 5.69 Å². The van der Waals surface area contributed by atoms with Crippen molar-refractivity contribution in [2.75, 3.05) is 18.8 Å². The molecule has 1 fully saturated rings. The Labute approximate surface area is 144 Å². The second-order valence-electron chi connectivity index (χ2n) is 6.84. The minimum absolute atomic E-state index is 0.116. The summed E-state index contributed by atoms with van der Waals surface area (Å²) < 4.78 is 6.72. The van der Waals surface area contributed by atoms with E-state index in [4.69, 9.17) is 10.2 Å². The molecular weight excluding hydrogens is 320 g/mol. The van der Waals surface area contributed by atoms with Gasteiger partial charge < -0.3 is 15.1 Å². The molecule has 1 aliphatic rings. The number of nitrogens with two attached hydrogens (primary N) is 1. The number of carbonyl (C=O) groups excluding carboxylic acids is 1. The lowest BCUT2D eigenvalue weighted by atomic mass is 9.92. The fourth-order valence-electron chi connectivity index (χ4n) is 3.52. The molecule has 130 valence electrons. The van der Waals surface area contributed by atoms with Gasteiger partial charge in [-0.25, -0.2) is 9.97 Å². The molecule has 1 aliphatic heterocycles. The van der Waals surface area contributed by atoms with Crippen molar-refractivity contribution in [3.05, 3.63) is 30.2 Å². The van der Waals surface area contributed by atoms with Crippen molar-refractivity contribution in [2.24, 2.45) is 11.8 Å². The number of furan rings is 1. The lowest BCUT2D eigenvalue weighted by Crippen LogP contribution is -2.43. The Bertz CT molecular complexity index is 907. The molecule has 3 aromatic heterocycles. The van der Waals surface area contributed by atoms with Gasteiger partial charge in [-0.3, -0.25) is 4.79 Å². The van der Waals surface area contributed by atoms with Crippen molar-refractivity contribution in [1.82, 2.24) is 24.5 Å². The van der Waals surface area contributed by atoms with E-state index in [1.54, 1.807) is 24.5 Å². The number of nitrogen functional groups attached to an aromatic ring is 1. The number of nitrogens with zero attached hydrogens (tertiary/aromatic N) is 5. The Morgan fingerprint density at radius 1 is 1.28 bits per heavy atom. The van der Waals surface area contributed by atoms with Crippen molar-refractivity contribution in [3.63, 3.8) is 0 Å². The number of fused-ring (bicyclic) bond motifs is 1. The smallest absolute Gasteiger partial charge is 0.272 e. The average molecular weight is 340 g/mol. The van der Waals surface area contributed by atoms with Crippen LogP contribution in [0.1, 0.15) is 30.8 Å². The summed E-state index contributed by atoms with van der Waals surface area (Å²) in [5.74, 6) is 1.91. The van der Waals surface area contributed by atoms with E-state index in [0.717, 1.165) is 19.5 Å². The quantitative estimate of drug-likeness (QED) is 0.766. The first-order chi connectivity index (χ1) is 12.0. The lowest BCUT2D eigenvalue weighted by Gasteiger charge is -2.34. The number of anilines is 1. The van der Waals surface area contributed by atoms with Crippen LogP contribution in [-0.4, -0.2) is 43.5 Å². The summed E-state index contributed by atoms with van der Waals surface area (Å²) >= 11 is 0. The summed E-state index contributed by atoms with van der Waals surface area (Å²) in [6.07, 6.45) is 2.69. The van der Waals surface area contributed by atoms with E-state index in [2.05, 4.69) is 28.9 Å². The number of carbonyl (C=O) groups is 1. The number of hydrogen-bond acceptors (Lipinski definition) is 6. The fourth-order valence-corrected chi connectivity index (χ4v) is 3.52. The first-order valence-corrected chi connectivity index (χ1v) is 8.37. The number of rotatable bonds is 2. The summed E-state index contributed by atoms with van der Waals surface area (Å²) in [5, 5.41) is 4.29. The predicted molar refractivity (Wildman–Crippen MR) is 91.7 cm³/mol. The number of piperidine rings is 1. The standard InChI is InChI=1S/C17H20N6O2/c1-10-6-11(2)9-22(8-10)16(24)12-7-14-20-15(13-4-3-5-25-13)21-23(14)17(18)19-12/h3-5,7,10-11H,6,8-9H2,1-2H3,(H2,18,19). The zero-order valence-electron chi connectivity index (χ0n) is 14.2. The van der Waals surface area contributed by atoms with Crippen LogP contribution in [0.3, 0.4) is 0 Å². The molecule has 3 aromatic rings. The van der Waals surface area contributed by atoms with Crippen LogP contribution in [0.5, 0.6) is 0 Å². The molecule has 2 N–H and O–H groups in total. The molecule has 0 aromatic carbocycles. The molecule has 1 amide bonds. The van der Waals surface area contributed by atoms with E-state index in [9.17, 15) is 4.79 Å². The molecule has 4 rings (SSSR count). The van der Waals surface area contributed by atoms with Crippen LogP contribution in [0.4, 0.5) is 5.95 Å². The lowest BCUT2D eigenvalue weighted by molar-refractivity contribution is 0.0617. The maximum Gasteiger partial charge on any atom is 0.272 e. The normalized spacial score (nSPS) is 21.0. The minimum Gasteiger partial charge on any atom is -0.461 e.